The molecule has 1 atom stereocenters. The van der Waals surface area contributed by atoms with Crippen molar-refractivity contribution in [3.63, 3.8) is 0 Å². The Labute approximate surface area is 116 Å². The number of nitrogens with two attached hydrogens (primary N) is 1. The van der Waals surface area contributed by atoms with Gasteiger partial charge in [0.2, 0.25) is 5.91 Å². The zero-order valence-electron chi connectivity index (χ0n) is 11.8. The summed E-state index contributed by atoms with van der Waals surface area (Å²) < 4.78 is 1.37. The van der Waals surface area contributed by atoms with Gasteiger partial charge in [-0.05, 0) is 6.92 Å². The molecule has 1 rings (SSSR count). The second-order valence-electron chi connectivity index (χ2n) is 4.25. The zero-order valence-corrected chi connectivity index (χ0v) is 11.8. The highest BCUT2D eigenvalue weighted by atomic mass is 16.2. The summed E-state index contributed by atoms with van der Waals surface area (Å²) in [6.07, 6.45) is 1.70. The molecule has 4 N–H and O–H groups in total. The van der Waals surface area contributed by atoms with E-state index in [9.17, 15) is 14.4 Å². The standard InChI is InChI=1S/C12H19N5O3/c1-4-8(18)5-15-12(20)9-11(14-3)16-6-17(9)7(2)10(13)19/h6-7,14H,4-5H2,1-3H3,(H2,13,19)(H,15,20)/t7-/m0/s1. The van der Waals surface area contributed by atoms with E-state index in [2.05, 4.69) is 15.6 Å². The molecule has 0 aliphatic carbocycles. The fraction of sp³-hybridized carbons (Fsp3) is 0.500. The first-order valence-electron chi connectivity index (χ1n) is 6.26. The largest absolute Gasteiger partial charge is 0.371 e. The molecule has 0 aliphatic heterocycles. The van der Waals surface area contributed by atoms with E-state index in [1.807, 2.05) is 0 Å². The number of rotatable bonds is 7. The van der Waals surface area contributed by atoms with Crippen LogP contribution in [0.15, 0.2) is 6.33 Å². The number of primary amides is 1. The molecule has 0 spiro atoms. The third-order valence-corrected chi connectivity index (χ3v) is 2.92. The van der Waals surface area contributed by atoms with Crippen molar-refractivity contribution in [2.45, 2.75) is 26.3 Å². The Balaban J connectivity index is 3.02. The summed E-state index contributed by atoms with van der Waals surface area (Å²) in [6.45, 7) is 3.22. The maximum absolute atomic E-state index is 12.1. The maximum Gasteiger partial charge on any atom is 0.272 e. The van der Waals surface area contributed by atoms with Gasteiger partial charge in [-0.1, -0.05) is 6.92 Å². The van der Waals surface area contributed by atoms with E-state index < -0.39 is 17.9 Å². The Kier molecular flexibility index (Phi) is 5.24. The summed E-state index contributed by atoms with van der Waals surface area (Å²) in [5.41, 5.74) is 5.41. The Morgan fingerprint density at radius 1 is 1.45 bits per heavy atom. The summed E-state index contributed by atoms with van der Waals surface area (Å²) in [5.74, 6) is -0.830. The molecule has 8 nitrogen and oxygen atoms in total. The van der Waals surface area contributed by atoms with E-state index in [1.54, 1.807) is 20.9 Å². The van der Waals surface area contributed by atoms with E-state index in [1.165, 1.54) is 10.9 Å². The minimum Gasteiger partial charge on any atom is -0.371 e. The van der Waals surface area contributed by atoms with E-state index >= 15 is 0 Å². The molecule has 0 aliphatic rings. The first-order chi connectivity index (χ1) is 9.42. The molecule has 8 heteroatoms. The molecule has 2 amide bonds. The van der Waals surface area contributed by atoms with Gasteiger partial charge in [-0.3, -0.25) is 14.4 Å². The maximum atomic E-state index is 12.1. The Morgan fingerprint density at radius 2 is 2.10 bits per heavy atom. The van der Waals surface area contributed by atoms with Crippen LogP contribution in [-0.4, -0.2) is 40.7 Å². The molecule has 0 saturated heterocycles. The van der Waals surface area contributed by atoms with Gasteiger partial charge in [0.05, 0.1) is 12.9 Å². The number of ketones is 1. The van der Waals surface area contributed by atoms with Gasteiger partial charge in [-0.2, -0.15) is 0 Å². The summed E-state index contributed by atoms with van der Waals surface area (Å²) in [7, 11) is 1.61. The minimum atomic E-state index is -0.716. The lowest BCUT2D eigenvalue weighted by Gasteiger charge is -2.14. The number of imidazole rings is 1. The van der Waals surface area contributed by atoms with Crippen LogP contribution in [0.25, 0.3) is 0 Å². The molecular weight excluding hydrogens is 262 g/mol. The first kappa shape index (κ1) is 15.7. The summed E-state index contributed by atoms with van der Waals surface area (Å²) in [6, 6.07) is -0.716. The highest BCUT2D eigenvalue weighted by Crippen LogP contribution is 2.17. The summed E-state index contributed by atoms with van der Waals surface area (Å²) >= 11 is 0. The molecular formula is C12H19N5O3. The third-order valence-electron chi connectivity index (χ3n) is 2.92. The van der Waals surface area contributed by atoms with Crippen LogP contribution in [0, 0.1) is 0 Å². The van der Waals surface area contributed by atoms with E-state index in [0.29, 0.717) is 12.2 Å². The van der Waals surface area contributed by atoms with Crippen molar-refractivity contribution in [1.82, 2.24) is 14.9 Å². The Morgan fingerprint density at radius 3 is 2.60 bits per heavy atom. The number of amides is 2. The summed E-state index contributed by atoms with van der Waals surface area (Å²) in [5, 5.41) is 5.27. The van der Waals surface area contributed by atoms with Crippen LogP contribution >= 0.6 is 0 Å². The van der Waals surface area contributed by atoms with Gasteiger partial charge in [0.15, 0.2) is 17.3 Å². The van der Waals surface area contributed by atoms with Crippen molar-refractivity contribution in [3.8, 4) is 0 Å². The molecule has 0 radical (unpaired) electrons. The molecule has 0 unspecified atom stereocenters. The Bertz CT molecular complexity index is 523. The van der Waals surface area contributed by atoms with Crippen molar-refractivity contribution < 1.29 is 14.4 Å². The third kappa shape index (κ3) is 3.34. The number of carbonyl (C=O) groups excluding carboxylic acids is 3. The number of nitrogens with zero attached hydrogens (tertiary/aromatic N) is 2. The van der Waals surface area contributed by atoms with Crippen molar-refractivity contribution in [2.24, 2.45) is 5.73 Å². The average Bonchev–Trinajstić information content (AvgIpc) is 2.86. The molecule has 20 heavy (non-hydrogen) atoms. The van der Waals surface area contributed by atoms with Crippen LogP contribution in [0.5, 0.6) is 0 Å². The number of Topliss-reactive ketones (excluding diaryl/α,β-unsaturated/α-hetero) is 1. The fourth-order valence-electron chi connectivity index (χ4n) is 1.59. The zero-order chi connectivity index (χ0) is 15.3. The van der Waals surface area contributed by atoms with Gasteiger partial charge in [-0.25, -0.2) is 4.98 Å². The average molecular weight is 281 g/mol. The number of carbonyl (C=O) groups is 3. The van der Waals surface area contributed by atoms with Crippen molar-refractivity contribution >= 4 is 23.4 Å². The molecule has 0 saturated carbocycles. The van der Waals surface area contributed by atoms with Crippen molar-refractivity contribution in [1.29, 1.82) is 0 Å². The fourth-order valence-corrected chi connectivity index (χ4v) is 1.59. The monoisotopic (exact) mass is 281 g/mol. The number of aromatic nitrogens is 2. The minimum absolute atomic E-state index is 0.0609. The highest BCUT2D eigenvalue weighted by molar-refractivity contribution is 5.99. The lowest BCUT2D eigenvalue weighted by Crippen LogP contribution is -2.33. The highest BCUT2D eigenvalue weighted by Gasteiger charge is 2.23. The first-order valence-corrected chi connectivity index (χ1v) is 6.26. The number of hydrogen-bond acceptors (Lipinski definition) is 5. The topological polar surface area (TPSA) is 119 Å². The van der Waals surface area contributed by atoms with Gasteiger partial charge >= 0.3 is 0 Å². The van der Waals surface area contributed by atoms with E-state index in [0.717, 1.165) is 0 Å². The molecule has 110 valence electrons. The van der Waals surface area contributed by atoms with Crippen LogP contribution in [0.4, 0.5) is 5.82 Å². The van der Waals surface area contributed by atoms with Crippen LogP contribution in [0.2, 0.25) is 0 Å². The lowest BCUT2D eigenvalue weighted by atomic mass is 10.2. The molecule has 1 aromatic heterocycles. The number of nitrogens with one attached hydrogen (secondary N) is 2. The summed E-state index contributed by atoms with van der Waals surface area (Å²) in [4.78, 5) is 38.6. The predicted molar refractivity (Wildman–Crippen MR) is 73.3 cm³/mol. The van der Waals surface area contributed by atoms with Crippen molar-refractivity contribution in [3.05, 3.63) is 12.0 Å². The van der Waals surface area contributed by atoms with E-state index in [-0.39, 0.29) is 18.0 Å². The molecule has 0 fully saturated rings. The second kappa shape index (κ2) is 6.69. The SMILES string of the molecule is CCC(=O)CNC(=O)c1c(NC)ncn1[C@@H](C)C(N)=O. The quantitative estimate of drug-likeness (QED) is 0.633. The molecule has 1 aromatic rings. The van der Waals surface area contributed by atoms with Gasteiger partial charge < -0.3 is 20.9 Å². The van der Waals surface area contributed by atoms with E-state index in [4.69, 9.17) is 5.73 Å². The van der Waals surface area contributed by atoms with Gasteiger partial charge in [0, 0.05) is 13.5 Å². The van der Waals surface area contributed by atoms with Gasteiger partial charge in [0.25, 0.3) is 5.91 Å². The normalized spacial score (nSPS) is 11.8. The second-order valence-corrected chi connectivity index (χ2v) is 4.25. The van der Waals surface area contributed by atoms with Gasteiger partial charge in [-0.15, -0.1) is 0 Å². The Hall–Kier alpha value is -2.38. The number of anilines is 1. The molecule has 0 aromatic carbocycles. The van der Waals surface area contributed by atoms with Crippen molar-refractivity contribution in [2.75, 3.05) is 18.9 Å². The predicted octanol–water partition coefficient (Wildman–Crippen LogP) is -0.320. The van der Waals surface area contributed by atoms with Crippen LogP contribution < -0.4 is 16.4 Å². The van der Waals surface area contributed by atoms with Crippen LogP contribution in [-0.2, 0) is 9.59 Å². The van der Waals surface area contributed by atoms with Crippen LogP contribution in [0.3, 0.4) is 0 Å². The van der Waals surface area contributed by atoms with Gasteiger partial charge in [0.1, 0.15) is 6.04 Å². The number of hydrogen-bond donors (Lipinski definition) is 3. The molecule has 1 heterocycles. The smallest absolute Gasteiger partial charge is 0.272 e. The van der Waals surface area contributed by atoms with Crippen LogP contribution in [0.1, 0.15) is 36.8 Å². The lowest BCUT2D eigenvalue weighted by molar-refractivity contribution is -0.120. The molecule has 0 bridgehead atoms.